The topological polar surface area (TPSA) is 63.4 Å². The van der Waals surface area contributed by atoms with Gasteiger partial charge < -0.3 is 5.73 Å². The van der Waals surface area contributed by atoms with E-state index in [-0.39, 0.29) is 0 Å². The molecule has 0 aliphatic carbocycles. The summed E-state index contributed by atoms with van der Waals surface area (Å²) in [6.45, 7) is 2.75. The fourth-order valence-corrected chi connectivity index (χ4v) is 3.56. The standard InChI is InChI=1S/C16H20N2O2S/c1-14-8-10-16(11-9-14)21(19,20)18(13-5-12-17)15-6-3-2-4-7-15/h2-4,6-11H,5,12-13,17H2,1H3. The van der Waals surface area contributed by atoms with Gasteiger partial charge in [0.05, 0.1) is 10.6 Å². The highest BCUT2D eigenvalue weighted by atomic mass is 32.2. The van der Waals surface area contributed by atoms with Gasteiger partial charge >= 0.3 is 0 Å². The Kier molecular flexibility index (Phi) is 4.98. The second-order valence-corrected chi connectivity index (χ2v) is 6.73. The zero-order valence-corrected chi connectivity index (χ0v) is 12.9. The van der Waals surface area contributed by atoms with E-state index < -0.39 is 10.0 Å². The lowest BCUT2D eigenvalue weighted by Gasteiger charge is -2.24. The van der Waals surface area contributed by atoms with Gasteiger partial charge in [0.2, 0.25) is 0 Å². The van der Waals surface area contributed by atoms with E-state index in [0.29, 0.717) is 30.1 Å². The number of sulfonamides is 1. The van der Waals surface area contributed by atoms with E-state index in [1.54, 1.807) is 36.4 Å². The van der Waals surface area contributed by atoms with Crippen LogP contribution in [0.4, 0.5) is 5.69 Å². The van der Waals surface area contributed by atoms with Crippen LogP contribution in [0.15, 0.2) is 59.5 Å². The third kappa shape index (κ3) is 3.62. The van der Waals surface area contributed by atoms with E-state index in [1.165, 1.54) is 4.31 Å². The van der Waals surface area contributed by atoms with Crippen molar-refractivity contribution in [3.63, 3.8) is 0 Å². The molecular formula is C16H20N2O2S. The van der Waals surface area contributed by atoms with Gasteiger partial charge in [-0.2, -0.15) is 0 Å². The van der Waals surface area contributed by atoms with Gasteiger partial charge in [-0.1, -0.05) is 35.9 Å². The van der Waals surface area contributed by atoms with Crippen LogP contribution >= 0.6 is 0 Å². The van der Waals surface area contributed by atoms with Crippen LogP contribution in [0, 0.1) is 6.92 Å². The molecule has 0 aliphatic heterocycles. The van der Waals surface area contributed by atoms with Gasteiger partial charge in [0.1, 0.15) is 0 Å². The molecule has 0 spiro atoms. The van der Waals surface area contributed by atoms with Crippen LogP contribution in [0.25, 0.3) is 0 Å². The Bertz CT molecular complexity index is 667. The van der Waals surface area contributed by atoms with Crippen molar-refractivity contribution in [2.75, 3.05) is 17.4 Å². The minimum absolute atomic E-state index is 0.300. The van der Waals surface area contributed by atoms with Crippen molar-refractivity contribution in [1.29, 1.82) is 0 Å². The van der Waals surface area contributed by atoms with Crippen LogP contribution in [0.1, 0.15) is 12.0 Å². The summed E-state index contributed by atoms with van der Waals surface area (Å²) in [6, 6.07) is 16.0. The maximum Gasteiger partial charge on any atom is 0.264 e. The predicted molar refractivity (Wildman–Crippen MR) is 85.8 cm³/mol. The first kappa shape index (κ1) is 15.5. The lowest BCUT2D eigenvalue weighted by atomic mass is 10.2. The number of nitrogens with zero attached hydrogens (tertiary/aromatic N) is 1. The second kappa shape index (κ2) is 6.74. The summed E-state index contributed by atoms with van der Waals surface area (Å²) in [5.74, 6) is 0. The van der Waals surface area contributed by atoms with E-state index in [4.69, 9.17) is 5.73 Å². The van der Waals surface area contributed by atoms with Crippen LogP contribution in [-0.4, -0.2) is 21.5 Å². The van der Waals surface area contributed by atoms with Crippen LogP contribution in [0.2, 0.25) is 0 Å². The van der Waals surface area contributed by atoms with Crippen molar-refractivity contribution in [3.8, 4) is 0 Å². The van der Waals surface area contributed by atoms with Crippen molar-refractivity contribution < 1.29 is 8.42 Å². The molecule has 4 nitrogen and oxygen atoms in total. The summed E-state index contributed by atoms with van der Waals surface area (Å²) in [5, 5.41) is 0. The Morgan fingerprint density at radius 3 is 2.19 bits per heavy atom. The molecule has 2 rings (SSSR count). The lowest BCUT2D eigenvalue weighted by Crippen LogP contribution is -2.33. The number of para-hydroxylation sites is 1. The van der Waals surface area contributed by atoms with Gasteiger partial charge in [-0.3, -0.25) is 4.31 Å². The highest BCUT2D eigenvalue weighted by molar-refractivity contribution is 7.92. The number of benzene rings is 2. The van der Waals surface area contributed by atoms with E-state index in [2.05, 4.69) is 0 Å². The fourth-order valence-electron chi connectivity index (χ4n) is 2.05. The Balaban J connectivity index is 2.42. The molecule has 2 aromatic rings. The molecule has 0 amide bonds. The third-order valence-corrected chi connectivity index (χ3v) is 5.06. The third-order valence-electron chi connectivity index (χ3n) is 3.22. The smallest absolute Gasteiger partial charge is 0.264 e. The molecular weight excluding hydrogens is 284 g/mol. The Morgan fingerprint density at radius 2 is 1.62 bits per heavy atom. The van der Waals surface area contributed by atoms with Crippen LogP contribution < -0.4 is 10.0 Å². The molecule has 21 heavy (non-hydrogen) atoms. The number of rotatable bonds is 6. The van der Waals surface area contributed by atoms with Gasteiger partial charge in [0.25, 0.3) is 10.0 Å². The summed E-state index contributed by atoms with van der Waals surface area (Å²) in [4.78, 5) is 0.300. The summed E-state index contributed by atoms with van der Waals surface area (Å²) >= 11 is 0. The monoisotopic (exact) mass is 304 g/mol. The average molecular weight is 304 g/mol. The van der Waals surface area contributed by atoms with Gasteiger partial charge in [-0.25, -0.2) is 8.42 Å². The molecule has 2 N–H and O–H groups in total. The van der Waals surface area contributed by atoms with E-state index >= 15 is 0 Å². The van der Waals surface area contributed by atoms with Crippen LogP contribution in [0.3, 0.4) is 0 Å². The molecule has 2 aromatic carbocycles. The van der Waals surface area contributed by atoms with E-state index in [9.17, 15) is 8.42 Å². The maximum absolute atomic E-state index is 12.8. The minimum atomic E-state index is -3.57. The van der Waals surface area contributed by atoms with Gasteiger partial charge in [0.15, 0.2) is 0 Å². The number of hydrogen-bond acceptors (Lipinski definition) is 3. The molecule has 0 aromatic heterocycles. The van der Waals surface area contributed by atoms with Crippen molar-refractivity contribution in [2.24, 2.45) is 5.73 Å². The molecule has 0 radical (unpaired) electrons. The molecule has 0 atom stereocenters. The number of aryl methyl sites for hydroxylation is 1. The summed E-state index contributed by atoms with van der Waals surface area (Å²) in [7, 11) is -3.57. The average Bonchev–Trinajstić information content (AvgIpc) is 2.49. The second-order valence-electron chi connectivity index (χ2n) is 4.87. The molecule has 0 heterocycles. The molecule has 0 bridgehead atoms. The van der Waals surface area contributed by atoms with E-state index in [0.717, 1.165) is 5.56 Å². The van der Waals surface area contributed by atoms with Crippen LogP contribution in [0.5, 0.6) is 0 Å². The van der Waals surface area contributed by atoms with Crippen molar-refractivity contribution >= 4 is 15.7 Å². The van der Waals surface area contributed by atoms with Crippen molar-refractivity contribution in [3.05, 3.63) is 60.2 Å². The zero-order valence-electron chi connectivity index (χ0n) is 12.1. The minimum Gasteiger partial charge on any atom is -0.330 e. The highest BCUT2D eigenvalue weighted by Gasteiger charge is 2.24. The number of anilines is 1. The van der Waals surface area contributed by atoms with Crippen molar-refractivity contribution in [1.82, 2.24) is 0 Å². The number of nitrogens with two attached hydrogens (primary N) is 1. The highest BCUT2D eigenvalue weighted by Crippen LogP contribution is 2.23. The van der Waals surface area contributed by atoms with E-state index in [1.807, 2.05) is 25.1 Å². The molecule has 5 heteroatoms. The first-order valence-corrected chi connectivity index (χ1v) is 8.34. The molecule has 0 fully saturated rings. The largest absolute Gasteiger partial charge is 0.330 e. The maximum atomic E-state index is 12.8. The molecule has 0 unspecified atom stereocenters. The summed E-state index contributed by atoms with van der Waals surface area (Å²) in [6.07, 6.45) is 0.611. The predicted octanol–water partition coefficient (Wildman–Crippen LogP) is 2.54. The Hall–Kier alpha value is -1.85. The zero-order chi connectivity index (χ0) is 15.3. The first-order valence-electron chi connectivity index (χ1n) is 6.90. The van der Waals surface area contributed by atoms with Crippen LogP contribution in [-0.2, 0) is 10.0 Å². The normalized spacial score (nSPS) is 11.3. The molecule has 0 aliphatic rings. The van der Waals surface area contributed by atoms with Crippen molar-refractivity contribution in [2.45, 2.75) is 18.2 Å². The molecule has 0 saturated carbocycles. The summed E-state index contributed by atoms with van der Waals surface area (Å²) in [5.41, 5.74) is 7.22. The van der Waals surface area contributed by atoms with Gasteiger partial charge in [-0.05, 0) is 44.2 Å². The molecule has 112 valence electrons. The Labute approximate surface area is 126 Å². The quantitative estimate of drug-likeness (QED) is 0.892. The molecule has 0 saturated heterocycles. The number of hydrogen-bond donors (Lipinski definition) is 1. The SMILES string of the molecule is Cc1ccc(S(=O)(=O)N(CCCN)c2ccccc2)cc1. The summed E-state index contributed by atoms with van der Waals surface area (Å²) < 4.78 is 27.1. The lowest BCUT2D eigenvalue weighted by molar-refractivity contribution is 0.589. The van der Waals surface area contributed by atoms with Gasteiger partial charge in [0, 0.05) is 6.54 Å². The first-order chi connectivity index (χ1) is 10.1. The Morgan fingerprint density at radius 1 is 1.00 bits per heavy atom. The fraction of sp³-hybridized carbons (Fsp3) is 0.250. The van der Waals surface area contributed by atoms with Gasteiger partial charge in [-0.15, -0.1) is 0 Å².